The summed E-state index contributed by atoms with van der Waals surface area (Å²) >= 11 is 1.67. The summed E-state index contributed by atoms with van der Waals surface area (Å²) in [7, 11) is 2.12. The minimum Gasteiger partial charge on any atom is -0.466 e. The van der Waals surface area contributed by atoms with Gasteiger partial charge in [-0.25, -0.2) is 0 Å². The maximum atomic E-state index is 13.7. The second kappa shape index (κ2) is 32.6. The van der Waals surface area contributed by atoms with Crippen molar-refractivity contribution in [3.8, 4) is 0 Å². The van der Waals surface area contributed by atoms with Crippen molar-refractivity contribution in [2.45, 2.75) is 200 Å². The topological polar surface area (TPSA) is 87.7 Å². The van der Waals surface area contributed by atoms with Gasteiger partial charge < -0.3 is 20.3 Å². The van der Waals surface area contributed by atoms with E-state index in [0.717, 1.165) is 76.6 Å². The number of hydrogen-bond acceptors (Lipinski definition) is 6. The number of thioether (sulfide) groups is 1. The first-order valence-corrected chi connectivity index (χ1v) is 22.1. The molecule has 8 heteroatoms. The van der Waals surface area contributed by atoms with Gasteiger partial charge in [0.2, 0.25) is 11.8 Å². The maximum Gasteiger partial charge on any atom is 0.306 e. The molecule has 0 bridgehead atoms. The summed E-state index contributed by atoms with van der Waals surface area (Å²) < 4.78 is 5.48. The lowest BCUT2D eigenvalue weighted by atomic mass is 9.93. The van der Waals surface area contributed by atoms with Crippen LogP contribution in [0.1, 0.15) is 188 Å². The first kappa shape index (κ1) is 45.7. The Hall–Kier alpha value is -1.28. The summed E-state index contributed by atoms with van der Waals surface area (Å²) in [5.74, 6) is 1.23. The van der Waals surface area contributed by atoms with Crippen LogP contribution >= 0.6 is 11.8 Å². The van der Waals surface area contributed by atoms with Crippen LogP contribution in [0.2, 0.25) is 0 Å². The molecule has 0 aliphatic carbocycles. The number of piperidine rings is 1. The molecule has 1 aliphatic heterocycles. The summed E-state index contributed by atoms with van der Waals surface area (Å²) in [5.41, 5.74) is 0. The molecule has 0 saturated carbocycles. The van der Waals surface area contributed by atoms with Crippen LogP contribution in [0.25, 0.3) is 0 Å². The van der Waals surface area contributed by atoms with Crippen LogP contribution in [0.4, 0.5) is 0 Å². The van der Waals surface area contributed by atoms with Gasteiger partial charge in [-0.15, -0.1) is 0 Å². The highest BCUT2D eigenvalue weighted by molar-refractivity contribution is 7.99. The van der Waals surface area contributed by atoms with E-state index >= 15 is 0 Å². The molecule has 1 aliphatic rings. The van der Waals surface area contributed by atoms with Crippen molar-refractivity contribution in [1.29, 1.82) is 0 Å². The fourth-order valence-electron chi connectivity index (χ4n) is 6.71. The number of amides is 2. The zero-order valence-electron chi connectivity index (χ0n) is 32.6. The molecule has 288 valence electrons. The van der Waals surface area contributed by atoms with E-state index in [0.29, 0.717) is 25.2 Å². The molecular weight excluding hydrogens is 631 g/mol. The first-order valence-electron chi connectivity index (χ1n) is 20.9. The van der Waals surface area contributed by atoms with Gasteiger partial charge >= 0.3 is 5.97 Å². The molecule has 0 aromatic rings. The number of hydrogen-bond donors (Lipinski definition) is 2. The van der Waals surface area contributed by atoms with Gasteiger partial charge in [-0.3, -0.25) is 14.4 Å². The fraction of sp³-hybridized carbons (Fsp3) is 0.927. The van der Waals surface area contributed by atoms with Crippen LogP contribution in [0.3, 0.4) is 0 Å². The van der Waals surface area contributed by atoms with Crippen LogP contribution in [0.5, 0.6) is 0 Å². The second-order valence-corrected chi connectivity index (χ2v) is 16.0. The number of carbonyl (C=O) groups is 3. The van der Waals surface area contributed by atoms with Crippen molar-refractivity contribution >= 4 is 29.5 Å². The quantitative estimate of drug-likeness (QED) is 0.0521. The number of ether oxygens (including phenoxy) is 1. The molecule has 1 heterocycles. The average molecular weight is 710 g/mol. The van der Waals surface area contributed by atoms with Crippen molar-refractivity contribution in [2.75, 3.05) is 38.2 Å². The molecule has 0 aromatic carbocycles. The zero-order chi connectivity index (χ0) is 35.8. The second-order valence-electron chi connectivity index (χ2n) is 14.8. The Bertz CT molecular complexity index is 806. The monoisotopic (exact) mass is 710 g/mol. The normalized spacial score (nSPS) is 15.2. The van der Waals surface area contributed by atoms with Crippen LogP contribution in [0, 0.1) is 5.92 Å². The Morgan fingerprint density at radius 2 is 1.14 bits per heavy atom. The fourth-order valence-corrected chi connectivity index (χ4v) is 7.63. The first-order chi connectivity index (χ1) is 23.9. The van der Waals surface area contributed by atoms with E-state index in [1.807, 2.05) is 0 Å². The predicted molar refractivity (Wildman–Crippen MR) is 210 cm³/mol. The van der Waals surface area contributed by atoms with E-state index in [1.54, 1.807) is 11.8 Å². The number of carbonyl (C=O) groups excluding carboxylic acids is 3. The molecule has 2 amide bonds. The van der Waals surface area contributed by atoms with Gasteiger partial charge in [0.25, 0.3) is 0 Å². The Labute approximate surface area is 307 Å². The third kappa shape index (κ3) is 26.2. The van der Waals surface area contributed by atoms with Gasteiger partial charge in [0.05, 0.1) is 13.0 Å². The largest absolute Gasteiger partial charge is 0.466 e. The van der Waals surface area contributed by atoms with E-state index in [4.69, 9.17) is 4.74 Å². The molecule has 0 aromatic heterocycles. The lowest BCUT2D eigenvalue weighted by molar-refractivity contribution is -0.143. The SMILES string of the molecule is CCCCCCCCCCCCOC(=O)CCSCCC(NC(=O)C(CCCCCC)CCCCCCCC)C(=O)NC1CCN(C)CC1. The van der Waals surface area contributed by atoms with E-state index in [-0.39, 0.29) is 29.7 Å². The number of rotatable bonds is 33. The lowest BCUT2D eigenvalue weighted by Crippen LogP contribution is -2.53. The summed E-state index contributed by atoms with van der Waals surface area (Å²) in [6, 6.07) is -0.375. The molecular formula is C41H79N3O4S. The highest BCUT2D eigenvalue weighted by Gasteiger charge is 2.27. The van der Waals surface area contributed by atoms with Gasteiger partial charge in [-0.2, -0.15) is 11.8 Å². The van der Waals surface area contributed by atoms with Gasteiger partial charge in [-0.05, 0) is 64.4 Å². The van der Waals surface area contributed by atoms with E-state index in [1.165, 1.54) is 96.3 Å². The van der Waals surface area contributed by atoms with Crippen molar-refractivity contribution in [1.82, 2.24) is 15.5 Å². The van der Waals surface area contributed by atoms with Crippen molar-refractivity contribution in [3.63, 3.8) is 0 Å². The van der Waals surface area contributed by atoms with Gasteiger partial charge in [0.15, 0.2) is 0 Å². The van der Waals surface area contributed by atoms with Crippen molar-refractivity contribution < 1.29 is 19.1 Å². The summed E-state index contributed by atoms with van der Waals surface area (Å²) in [4.78, 5) is 41.8. The number of likely N-dealkylation sites (tertiary alicyclic amines) is 1. The van der Waals surface area contributed by atoms with E-state index < -0.39 is 6.04 Å². The smallest absolute Gasteiger partial charge is 0.306 e. The minimum atomic E-state index is -0.536. The Morgan fingerprint density at radius 3 is 1.69 bits per heavy atom. The minimum absolute atomic E-state index is 0.0281. The Morgan fingerprint density at radius 1 is 0.653 bits per heavy atom. The van der Waals surface area contributed by atoms with Gasteiger partial charge in [0, 0.05) is 17.7 Å². The standard InChI is InChI=1S/C41H79N3O4S/c1-5-8-11-14-16-17-18-19-21-24-33-48-39(45)30-35-49-34-29-38(41(47)42-37-27-31-44(4)32-28-37)43-40(46)36(25-22-13-10-7-3)26-23-20-15-12-9-6-2/h36-38H,5-35H2,1-4H3,(H,42,47)(H,43,46). The molecule has 2 unspecified atom stereocenters. The molecule has 0 spiro atoms. The number of nitrogens with zero attached hydrogens (tertiary/aromatic N) is 1. The van der Waals surface area contributed by atoms with Crippen LogP contribution in [0.15, 0.2) is 0 Å². The van der Waals surface area contributed by atoms with E-state index in [2.05, 4.69) is 43.4 Å². The van der Waals surface area contributed by atoms with Gasteiger partial charge in [-0.1, -0.05) is 143 Å². The summed E-state index contributed by atoms with van der Waals surface area (Å²) in [6.45, 7) is 9.18. The maximum absolute atomic E-state index is 13.7. The molecule has 2 atom stereocenters. The third-order valence-electron chi connectivity index (χ3n) is 10.1. The molecule has 49 heavy (non-hydrogen) atoms. The lowest BCUT2D eigenvalue weighted by Gasteiger charge is -2.31. The molecule has 1 fully saturated rings. The van der Waals surface area contributed by atoms with Crippen LogP contribution in [-0.4, -0.2) is 73.0 Å². The molecule has 0 radical (unpaired) electrons. The van der Waals surface area contributed by atoms with Crippen LogP contribution in [-0.2, 0) is 19.1 Å². The Balaban J connectivity index is 2.50. The Kier molecular flexibility index (Phi) is 30.4. The van der Waals surface area contributed by atoms with Gasteiger partial charge in [0.1, 0.15) is 6.04 Å². The molecule has 2 N–H and O–H groups in total. The summed E-state index contributed by atoms with van der Waals surface area (Å²) in [5, 5.41) is 6.48. The molecule has 1 rings (SSSR count). The highest BCUT2D eigenvalue weighted by atomic mass is 32.2. The predicted octanol–water partition coefficient (Wildman–Crippen LogP) is 10.00. The molecule has 1 saturated heterocycles. The number of nitrogens with one attached hydrogen (secondary N) is 2. The summed E-state index contributed by atoms with van der Waals surface area (Å²) in [6.07, 6.45) is 29.2. The van der Waals surface area contributed by atoms with E-state index in [9.17, 15) is 14.4 Å². The highest BCUT2D eigenvalue weighted by Crippen LogP contribution is 2.20. The number of unbranched alkanes of at least 4 members (excludes halogenated alkanes) is 17. The zero-order valence-corrected chi connectivity index (χ0v) is 33.5. The van der Waals surface area contributed by atoms with Crippen molar-refractivity contribution in [3.05, 3.63) is 0 Å². The number of esters is 1. The van der Waals surface area contributed by atoms with Crippen LogP contribution < -0.4 is 10.6 Å². The third-order valence-corrected chi connectivity index (χ3v) is 11.2. The molecule has 7 nitrogen and oxygen atoms in total. The van der Waals surface area contributed by atoms with Crippen molar-refractivity contribution in [2.24, 2.45) is 5.92 Å². The average Bonchev–Trinajstić information content (AvgIpc) is 3.09.